The third-order valence-electron chi connectivity index (χ3n) is 5.34. The fourth-order valence-electron chi connectivity index (χ4n) is 3.70. The number of anilines is 1. The van der Waals surface area contributed by atoms with Gasteiger partial charge in [0.05, 0.1) is 23.8 Å². The molecule has 30 heavy (non-hydrogen) atoms. The SMILES string of the molecule is CCC(NC(=O)C(=O)Nc1cc([N+](=O)[O-])ccc1OC)c1ccc2c(c1)CCCC2. The lowest BCUT2D eigenvalue weighted by molar-refractivity contribution is -0.384. The molecule has 3 rings (SSSR count). The molecule has 1 unspecified atom stereocenters. The summed E-state index contributed by atoms with van der Waals surface area (Å²) in [6, 6.07) is 9.70. The quantitative estimate of drug-likeness (QED) is 0.428. The minimum Gasteiger partial charge on any atom is -0.495 e. The highest BCUT2D eigenvalue weighted by Gasteiger charge is 2.22. The summed E-state index contributed by atoms with van der Waals surface area (Å²) >= 11 is 0. The number of amides is 2. The minimum absolute atomic E-state index is 0.0636. The summed E-state index contributed by atoms with van der Waals surface area (Å²) in [5, 5.41) is 16.2. The van der Waals surface area contributed by atoms with E-state index in [1.54, 1.807) is 0 Å². The van der Waals surface area contributed by atoms with Gasteiger partial charge in [0.1, 0.15) is 5.75 Å². The van der Waals surface area contributed by atoms with Gasteiger partial charge in [-0.15, -0.1) is 0 Å². The van der Waals surface area contributed by atoms with E-state index in [1.165, 1.54) is 36.8 Å². The van der Waals surface area contributed by atoms with Crippen LogP contribution in [0.5, 0.6) is 5.75 Å². The summed E-state index contributed by atoms with van der Waals surface area (Å²) in [6.07, 6.45) is 5.08. The number of ether oxygens (including phenoxy) is 1. The van der Waals surface area contributed by atoms with E-state index in [2.05, 4.69) is 22.8 Å². The largest absolute Gasteiger partial charge is 0.495 e. The Bertz CT molecular complexity index is 973. The normalized spacial score (nSPS) is 13.7. The lowest BCUT2D eigenvalue weighted by Crippen LogP contribution is -2.37. The number of aryl methyl sites for hydroxylation is 2. The van der Waals surface area contributed by atoms with Gasteiger partial charge < -0.3 is 15.4 Å². The van der Waals surface area contributed by atoms with Crippen LogP contribution in [0.15, 0.2) is 36.4 Å². The molecule has 158 valence electrons. The molecule has 2 aromatic carbocycles. The maximum atomic E-state index is 12.5. The molecule has 0 heterocycles. The molecule has 0 aliphatic heterocycles. The van der Waals surface area contributed by atoms with E-state index < -0.39 is 16.7 Å². The van der Waals surface area contributed by atoms with Crippen molar-refractivity contribution in [1.82, 2.24) is 5.32 Å². The molecule has 1 aliphatic rings. The molecule has 0 bridgehead atoms. The second-order valence-electron chi connectivity index (χ2n) is 7.27. The highest BCUT2D eigenvalue weighted by molar-refractivity contribution is 6.39. The number of hydrogen-bond donors (Lipinski definition) is 2. The van der Waals surface area contributed by atoms with Gasteiger partial charge in [0.15, 0.2) is 0 Å². The monoisotopic (exact) mass is 411 g/mol. The molecule has 2 aromatic rings. The predicted octanol–water partition coefficient (Wildman–Crippen LogP) is 3.69. The van der Waals surface area contributed by atoms with E-state index in [0.717, 1.165) is 30.9 Å². The van der Waals surface area contributed by atoms with Gasteiger partial charge in [-0.05, 0) is 54.9 Å². The van der Waals surface area contributed by atoms with Crippen molar-refractivity contribution in [2.45, 2.75) is 45.1 Å². The number of nitrogens with one attached hydrogen (secondary N) is 2. The van der Waals surface area contributed by atoms with Crippen molar-refractivity contribution in [1.29, 1.82) is 0 Å². The second-order valence-corrected chi connectivity index (χ2v) is 7.27. The topological polar surface area (TPSA) is 111 Å². The summed E-state index contributed by atoms with van der Waals surface area (Å²) in [6.45, 7) is 1.94. The van der Waals surface area contributed by atoms with Crippen LogP contribution in [0.1, 0.15) is 48.9 Å². The first-order valence-electron chi connectivity index (χ1n) is 9.99. The van der Waals surface area contributed by atoms with Crippen LogP contribution in [-0.2, 0) is 22.4 Å². The lowest BCUT2D eigenvalue weighted by Gasteiger charge is -2.21. The number of carbonyl (C=O) groups is 2. The number of hydrogen-bond acceptors (Lipinski definition) is 5. The number of nitrogens with zero attached hydrogens (tertiary/aromatic N) is 1. The van der Waals surface area contributed by atoms with Crippen molar-refractivity contribution >= 4 is 23.2 Å². The highest BCUT2D eigenvalue weighted by Crippen LogP contribution is 2.29. The number of carbonyl (C=O) groups excluding carboxylic acids is 2. The molecule has 1 atom stereocenters. The van der Waals surface area contributed by atoms with Crippen molar-refractivity contribution in [3.63, 3.8) is 0 Å². The fraction of sp³-hybridized carbons (Fsp3) is 0.364. The number of nitro groups is 1. The molecular formula is C22H25N3O5. The van der Waals surface area contributed by atoms with Crippen molar-refractivity contribution in [3.05, 3.63) is 63.2 Å². The summed E-state index contributed by atoms with van der Waals surface area (Å²) in [5.41, 5.74) is 3.46. The number of methoxy groups -OCH3 is 1. The van der Waals surface area contributed by atoms with Gasteiger partial charge in [0, 0.05) is 12.1 Å². The summed E-state index contributed by atoms with van der Waals surface area (Å²) < 4.78 is 5.12. The molecule has 0 fully saturated rings. The van der Waals surface area contributed by atoms with E-state index in [9.17, 15) is 19.7 Å². The van der Waals surface area contributed by atoms with E-state index in [1.807, 2.05) is 13.0 Å². The third kappa shape index (κ3) is 4.76. The number of non-ortho nitro benzene ring substituents is 1. The molecule has 0 radical (unpaired) electrons. The van der Waals surface area contributed by atoms with Gasteiger partial charge in [-0.2, -0.15) is 0 Å². The van der Waals surface area contributed by atoms with Crippen molar-refractivity contribution in [2.24, 2.45) is 0 Å². The lowest BCUT2D eigenvalue weighted by atomic mass is 9.89. The average Bonchev–Trinajstić information content (AvgIpc) is 2.76. The van der Waals surface area contributed by atoms with E-state index >= 15 is 0 Å². The summed E-state index contributed by atoms with van der Waals surface area (Å²) in [4.78, 5) is 35.3. The number of benzene rings is 2. The van der Waals surface area contributed by atoms with E-state index in [-0.39, 0.29) is 23.2 Å². The highest BCUT2D eigenvalue weighted by atomic mass is 16.6. The molecule has 2 N–H and O–H groups in total. The Kier molecular flexibility index (Phi) is 6.66. The average molecular weight is 411 g/mol. The van der Waals surface area contributed by atoms with Gasteiger partial charge in [-0.3, -0.25) is 19.7 Å². The molecule has 0 saturated carbocycles. The Labute approximate surface area is 174 Å². The Morgan fingerprint density at radius 2 is 1.83 bits per heavy atom. The molecule has 2 amide bonds. The van der Waals surface area contributed by atoms with Crippen molar-refractivity contribution in [3.8, 4) is 5.75 Å². The van der Waals surface area contributed by atoms with Gasteiger partial charge in [-0.1, -0.05) is 25.1 Å². The van der Waals surface area contributed by atoms with E-state index in [4.69, 9.17) is 4.74 Å². The van der Waals surface area contributed by atoms with Crippen LogP contribution >= 0.6 is 0 Å². The summed E-state index contributed by atoms with van der Waals surface area (Å²) in [7, 11) is 1.38. The van der Waals surface area contributed by atoms with Crippen LogP contribution in [0.25, 0.3) is 0 Å². The Balaban J connectivity index is 1.72. The zero-order valence-corrected chi connectivity index (χ0v) is 17.1. The van der Waals surface area contributed by atoms with Crippen LogP contribution in [0, 0.1) is 10.1 Å². The fourth-order valence-corrected chi connectivity index (χ4v) is 3.70. The number of rotatable bonds is 6. The first kappa shape index (κ1) is 21.3. The van der Waals surface area contributed by atoms with Crippen LogP contribution in [-0.4, -0.2) is 23.8 Å². The zero-order chi connectivity index (χ0) is 21.7. The number of fused-ring (bicyclic) bond motifs is 1. The minimum atomic E-state index is -0.912. The zero-order valence-electron chi connectivity index (χ0n) is 17.1. The predicted molar refractivity (Wildman–Crippen MR) is 113 cm³/mol. The maximum absolute atomic E-state index is 12.5. The van der Waals surface area contributed by atoms with Gasteiger partial charge in [0.2, 0.25) is 0 Å². The standard InChI is InChI=1S/C22H25N3O5/c1-3-18(16-9-8-14-6-4-5-7-15(14)12-16)23-21(26)22(27)24-19-13-17(25(28)29)10-11-20(19)30-2/h8-13,18H,3-7H2,1-2H3,(H,23,26)(H,24,27). The maximum Gasteiger partial charge on any atom is 0.313 e. The molecule has 1 aliphatic carbocycles. The van der Waals surface area contributed by atoms with Crippen LogP contribution in [0.2, 0.25) is 0 Å². The Morgan fingerprint density at radius 1 is 1.10 bits per heavy atom. The van der Waals surface area contributed by atoms with Crippen molar-refractivity contribution in [2.75, 3.05) is 12.4 Å². The van der Waals surface area contributed by atoms with Crippen LogP contribution in [0.4, 0.5) is 11.4 Å². The van der Waals surface area contributed by atoms with Crippen molar-refractivity contribution < 1.29 is 19.2 Å². The van der Waals surface area contributed by atoms with Crippen LogP contribution < -0.4 is 15.4 Å². The second kappa shape index (κ2) is 9.39. The summed E-state index contributed by atoms with van der Waals surface area (Å²) in [5.74, 6) is -1.50. The molecular weight excluding hydrogens is 386 g/mol. The number of nitro benzene ring substituents is 1. The van der Waals surface area contributed by atoms with Gasteiger partial charge >= 0.3 is 11.8 Å². The smallest absolute Gasteiger partial charge is 0.313 e. The first-order valence-corrected chi connectivity index (χ1v) is 9.99. The van der Waals surface area contributed by atoms with Gasteiger partial charge in [0.25, 0.3) is 5.69 Å². The first-order chi connectivity index (χ1) is 14.4. The molecule has 8 heteroatoms. The molecule has 0 aromatic heterocycles. The molecule has 0 saturated heterocycles. The van der Waals surface area contributed by atoms with Crippen LogP contribution in [0.3, 0.4) is 0 Å². The van der Waals surface area contributed by atoms with E-state index in [0.29, 0.717) is 6.42 Å². The van der Waals surface area contributed by atoms with Gasteiger partial charge in [-0.25, -0.2) is 0 Å². The Hall–Kier alpha value is -3.42. The Morgan fingerprint density at radius 3 is 2.50 bits per heavy atom. The molecule has 8 nitrogen and oxygen atoms in total. The third-order valence-corrected chi connectivity index (χ3v) is 5.34. The molecule has 0 spiro atoms.